The van der Waals surface area contributed by atoms with E-state index in [1.165, 1.54) is 30.3 Å². The van der Waals surface area contributed by atoms with Gasteiger partial charge in [-0.15, -0.1) is 0 Å². The Morgan fingerprint density at radius 3 is 2.30 bits per heavy atom. The van der Waals surface area contributed by atoms with Crippen molar-refractivity contribution in [1.82, 2.24) is 0 Å². The summed E-state index contributed by atoms with van der Waals surface area (Å²) < 4.78 is 32.1. The predicted octanol–water partition coefficient (Wildman–Crippen LogP) is 3.61. The summed E-state index contributed by atoms with van der Waals surface area (Å²) in [6, 6.07) is 7.41. The van der Waals surface area contributed by atoms with Crippen LogP contribution in [0.15, 0.2) is 46.0 Å². The molecule has 7 heteroatoms. The van der Waals surface area contributed by atoms with Crippen molar-refractivity contribution in [3.05, 3.63) is 58.1 Å². The first kappa shape index (κ1) is 14.3. The number of hydrogen-bond acceptors (Lipinski definition) is 3. The second-order valence-corrected chi connectivity index (χ2v) is 4.66. The van der Waals surface area contributed by atoms with Gasteiger partial charge >= 0.3 is 0 Å². The van der Waals surface area contributed by atoms with E-state index < -0.39 is 11.6 Å². The minimum absolute atomic E-state index is 0.0868. The summed E-state index contributed by atoms with van der Waals surface area (Å²) in [5.41, 5.74) is 5.55. The van der Waals surface area contributed by atoms with Gasteiger partial charge in [0, 0.05) is 0 Å². The average Bonchev–Trinajstić information content (AvgIpc) is 2.42. The quantitative estimate of drug-likeness (QED) is 0.387. The molecule has 0 atom stereocenters. The molecule has 4 nitrogen and oxygen atoms in total. The van der Waals surface area contributed by atoms with Crippen LogP contribution < -0.4 is 10.5 Å². The van der Waals surface area contributed by atoms with Gasteiger partial charge in [0.15, 0.2) is 5.84 Å². The molecule has 0 radical (unpaired) electrons. The molecule has 104 valence electrons. The Labute approximate surface area is 121 Å². The van der Waals surface area contributed by atoms with E-state index in [4.69, 9.17) is 15.7 Å². The van der Waals surface area contributed by atoms with Gasteiger partial charge in [0.25, 0.3) is 0 Å². The van der Waals surface area contributed by atoms with Crippen LogP contribution in [0.4, 0.5) is 8.78 Å². The first-order chi connectivity index (χ1) is 9.51. The number of hydrogen-bond donors (Lipinski definition) is 2. The molecular weight excluding hydrogens is 334 g/mol. The van der Waals surface area contributed by atoms with E-state index in [0.29, 0.717) is 10.2 Å². The molecule has 0 spiro atoms. The second kappa shape index (κ2) is 5.87. The van der Waals surface area contributed by atoms with Gasteiger partial charge in [-0.1, -0.05) is 5.16 Å². The minimum atomic E-state index is -0.558. The van der Waals surface area contributed by atoms with Gasteiger partial charge in [0.1, 0.15) is 23.1 Å². The molecule has 0 aliphatic rings. The third kappa shape index (κ3) is 3.05. The van der Waals surface area contributed by atoms with Gasteiger partial charge in [-0.25, -0.2) is 8.78 Å². The summed E-state index contributed by atoms with van der Waals surface area (Å²) in [6.45, 7) is 0. The van der Waals surface area contributed by atoms with E-state index in [2.05, 4.69) is 21.1 Å². The summed E-state index contributed by atoms with van der Waals surface area (Å²) >= 11 is 3.15. The number of benzene rings is 2. The average molecular weight is 343 g/mol. The first-order valence-electron chi connectivity index (χ1n) is 5.41. The second-order valence-electron chi connectivity index (χ2n) is 3.80. The van der Waals surface area contributed by atoms with Gasteiger partial charge in [-0.3, -0.25) is 0 Å². The highest BCUT2D eigenvalue weighted by Gasteiger charge is 2.12. The summed E-state index contributed by atoms with van der Waals surface area (Å²) in [6.07, 6.45) is 0. The van der Waals surface area contributed by atoms with Gasteiger partial charge in [0.05, 0.1) is 10.0 Å². The van der Waals surface area contributed by atoms with Crippen molar-refractivity contribution in [1.29, 1.82) is 0 Å². The van der Waals surface area contributed by atoms with Gasteiger partial charge in [-0.05, 0) is 52.3 Å². The van der Waals surface area contributed by atoms with Crippen LogP contribution in [-0.4, -0.2) is 11.0 Å². The maximum absolute atomic E-state index is 13.2. The van der Waals surface area contributed by atoms with Crippen molar-refractivity contribution in [2.45, 2.75) is 0 Å². The molecule has 0 unspecified atom stereocenters. The molecule has 0 heterocycles. The number of nitrogens with two attached hydrogens (primary N) is 1. The number of halogens is 3. The summed E-state index contributed by atoms with van der Waals surface area (Å²) in [7, 11) is 0. The Bertz CT molecular complexity index is 677. The van der Waals surface area contributed by atoms with Crippen molar-refractivity contribution in [3.8, 4) is 11.5 Å². The Balaban J connectivity index is 2.43. The SMILES string of the molecule is NC(=NO)c1cc(F)ccc1Oc1ccc(F)cc1Br. The molecule has 0 saturated carbocycles. The number of ether oxygens (including phenoxy) is 1. The van der Waals surface area contributed by atoms with Gasteiger partial charge in [-0.2, -0.15) is 0 Å². The summed E-state index contributed by atoms with van der Waals surface area (Å²) in [5, 5.41) is 11.5. The van der Waals surface area contributed by atoms with E-state index >= 15 is 0 Å². The van der Waals surface area contributed by atoms with Crippen LogP contribution in [0, 0.1) is 11.6 Å². The van der Waals surface area contributed by atoms with Crippen LogP contribution in [0.2, 0.25) is 0 Å². The highest BCUT2D eigenvalue weighted by atomic mass is 79.9. The number of rotatable bonds is 3. The fourth-order valence-corrected chi connectivity index (χ4v) is 1.95. The smallest absolute Gasteiger partial charge is 0.173 e. The maximum Gasteiger partial charge on any atom is 0.173 e. The zero-order valence-corrected chi connectivity index (χ0v) is 11.6. The third-order valence-corrected chi connectivity index (χ3v) is 3.06. The molecule has 2 aromatic carbocycles. The van der Waals surface area contributed by atoms with Crippen LogP contribution in [0.25, 0.3) is 0 Å². The summed E-state index contributed by atoms with van der Waals surface area (Å²) in [5.74, 6) is -0.797. The topological polar surface area (TPSA) is 67.8 Å². The fourth-order valence-electron chi connectivity index (χ4n) is 1.52. The van der Waals surface area contributed by atoms with E-state index in [1.54, 1.807) is 0 Å². The van der Waals surface area contributed by atoms with E-state index in [0.717, 1.165) is 6.07 Å². The zero-order valence-electron chi connectivity index (χ0n) is 9.98. The van der Waals surface area contributed by atoms with Crippen LogP contribution in [0.1, 0.15) is 5.56 Å². The molecule has 0 amide bonds. The van der Waals surface area contributed by atoms with Crippen molar-refractivity contribution < 1.29 is 18.7 Å². The normalized spacial score (nSPS) is 11.4. The molecule has 20 heavy (non-hydrogen) atoms. The van der Waals surface area contributed by atoms with Crippen molar-refractivity contribution in [2.24, 2.45) is 10.9 Å². The van der Waals surface area contributed by atoms with E-state index in [-0.39, 0.29) is 17.1 Å². The Kier molecular flexibility index (Phi) is 4.19. The molecule has 0 fully saturated rings. The minimum Gasteiger partial charge on any atom is -0.455 e. The Morgan fingerprint density at radius 1 is 1.10 bits per heavy atom. The van der Waals surface area contributed by atoms with Crippen molar-refractivity contribution >= 4 is 21.8 Å². The van der Waals surface area contributed by atoms with Gasteiger partial charge < -0.3 is 15.7 Å². The molecule has 0 aliphatic carbocycles. The largest absolute Gasteiger partial charge is 0.455 e. The number of nitrogens with zero attached hydrogens (tertiary/aromatic N) is 1. The molecule has 2 aromatic rings. The van der Waals surface area contributed by atoms with Gasteiger partial charge in [0.2, 0.25) is 0 Å². The molecular formula is C13H9BrF2N2O2. The molecule has 3 N–H and O–H groups in total. The van der Waals surface area contributed by atoms with Crippen LogP contribution in [-0.2, 0) is 0 Å². The number of oxime groups is 1. The molecule has 0 bridgehead atoms. The van der Waals surface area contributed by atoms with E-state index in [1.807, 2.05) is 0 Å². The first-order valence-corrected chi connectivity index (χ1v) is 6.21. The van der Waals surface area contributed by atoms with Crippen LogP contribution >= 0.6 is 15.9 Å². The summed E-state index contributed by atoms with van der Waals surface area (Å²) in [4.78, 5) is 0. The Morgan fingerprint density at radius 2 is 1.70 bits per heavy atom. The Hall–Kier alpha value is -2.15. The predicted molar refractivity (Wildman–Crippen MR) is 73.1 cm³/mol. The number of amidine groups is 1. The lowest BCUT2D eigenvalue weighted by atomic mass is 10.2. The standard InChI is InChI=1S/C13H9BrF2N2O2/c14-10-6-8(16)2-4-12(10)20-11-3-1-7(15)5-9(11)13(17)18-19/h1-6,19H,(H2,17,18). The maximum atomic E-state index is 13.2. The fraction of sp³-hybridized carbons (Fsp3) is 0. The molecule has 2 rings (SSSR count). The lowest BCUT2D eigenvalue weighted by molar-refractivity contribution is 0.318. The van der Waals surface area contributed by atoms with E-state index in [9.17, 15) is 8.78 Å². The van der Waals surface area contributed by atoms with Crippen LogP contribution in [0.5, 0.6) is 11.5 Å². The molecule has 0 aliphatic heterocycles. The zero-order chi connectivity index (χ0) is 14.7. The molecule has 0 saturated heterocycles. The monoisotopic (exact) mass is 342 g/mol. The third-order valence-electron chi connectivity index (χ3n) is 2.44. The highest BCUT2D eigenvalue weighted by Crippen LogP contribution is 2.32. The lowest BCUT2D eigenvalue weighted by Crippen LogP contribution is -2.14. The lowest BCUT2D eigenvalue weighted by Gasteiger charge is -2.11. The highest BCUT2D eigenvalue weighted by molar-refractivity contribution is 9.10. The van der Waals surface area contributed by atoms with Crippen molar-refractivity contribution in [2.75, 3.05) is 0 Å². The van der Waals surface area contributed by atoms with Crippen molar-refractivity contribution in [3.63, 3.8) is 0 Å². The van der Waals surface area contributed by atoms with Crippen LogP contribution in [0.3, 0.4) is 0 Å². The molecule has 0 aromatic heterocycles.